The van der Waals surface area contributed by atoms with Crippen LogP contribution >= 0.6 is 35.4 Å². The minimum atomic E-state index is -1.15. The van der Waals surface area contributed by atoms with Crippen LogP contribution in [-0.2, 0) is 29.5 Å². The Balaban J connectivity index is 0.000000197. The van der Waals surface area contributed by atoms with Gasteiger partial charge in [-0.15, -0.1) is 11.6 Å². The Labute approximate surface area is 272 Å². The van der Waals surface area contributed by atoms with Crippen LogP contribution in [0.3, 0.4) is 0 Å². The first kappa shape index (κ1) is 34.1. The fourth-order valence-corrected chi connectivity index (χ4v) is 6.60. The van der Waals surface area contributed by atoms with E-state index in [4.69, 9.17) is 40.2 Å². The molecule has 0 radical (unpaired) electrons. The summed E-state index contributed by atoms with van der Waals surface area (Å²) >= 11 is 17.9. The molecule has 1 saturated carbocycles. The molecular formula is C34H48Cl2N4O2S. The standard InChI is InChI=1S/C20H33NO.C14H15Cl2N3OS/c1-15(12-21-13-16(2)22-17(3)14-21)11-18-7-9-19(10-8-18)20(4,5)6;15-11-4-2-1-3-10(11)7-14(20,13(16)5-6-13)8-19-12(21)17-9-18-19/h7-10,15-17H,11-14H2,1-6H3;1-4,9,20H,5-8H2,(H,17,18,21)/t15?,16-,17+;. The quantitative estimate of drug-likeness (QED) is 0.185. The molecule has 2 unspecified atom stereocenters. The van der Waals surface area contributed by atoms with E-state index >= 15 is 0 Å². The number of nitrogens with one attached hydrogen (secondary N) is 1. The Kier molecular flexibility index (Phi) is 11.2. The first-order valence-electron chi connectivity index (χ1n) is 15.4. The number of hydrogen-bond donors (Lipinski definition) is 2. The molecule has 2 N–H and O–H groups in total. The van der Waals surface area contributed by atoms with Gasteiger partial charge in [0.25, 0.3) is 0 Å². The number of benzene rings is 2. The van der Waals surface area contributed by atoms with Gasteiger partial charge in [0.1, 0.15) is 11.9 Å². The van der Waals surface area contributed by atoms with Crippen LogP contribution in [0.5, 0.6) is 0 Å². The summed E-state index contributed by atoms with van der Waals surface area (Å²) in [7, 11) is 0. The molecule has 1 aromatic heterocycles. The lowest BCUT2D eigenvalue weighted by atomic mass is 9.86. The van der Waals surface area contributed by atoms with Gasteiger partial charge >= 0.3 is 0 Å². The first-order valence-corrected chi connectivity index (χ1v) is 16.6. The summed E-state index contributed by atoms with van der Waals surface area (Å²) in [4.78, 5) is 4.75. The summed E-state index contributed by atoms with van der Waals surface area (Å²) in [5.41, 5.74) is 2.84. The van der Waals surface area contributed by atoms with Crippen molar-refractivity contribution >= 4 is 35.4 Å². The third-order valence-corrected chi connectivity index (χ3v) is 9.89. The number of hydrogen-bond acceptors (Lipinski definition) is 5. The largest absolute Gasteiger partial charge is 0.386 e. The number of halogens is 2. The summed E-state index contributed by atoms with van der Waals surface area (Å²) < 4.78 is 7.85. The number of alkyl halides is 1. The molecule has 236 valence electrons. The molecule has 0 spiro atoms. The van der Waals surface area contributed by atoms with Crippen molar-refractivity contribution in [3.05, 3.63) is 81.3 Å². The maximum Gasteiger partial charge on any atom is 0.195 e. The maximum absolute atomic E-state index is 11.2. The van der Waals surface area contributed by atoms with Crippen molar-refractivity contribution in [1.29, 1.82) is 0 Å². The minimum Gasteiger partial charge on any atom is -0.386 e. The number of H-pyrrole nitrogens is 1. The molecule has 2 aromatic carbocycles. The molecule has 1 saturated heterocycles. The van der Waals surface area contributed by atoms with Crippen LogP contribution in [0.1, 0.15) is 71.1 Å². The smallest absolute Gasteiger partial charge is 0.195 e. The molecule has 5 rings (SSSR count). The molecule has 0 bridgehead atoms. The molecule has 6 nitrogen and oxygen atoms in total. The van der Waals surface area contributed by atoms with Crippen LogP contribution in [0.25, 0.3) is 0 Å². The molecule has 2 heterocycles. The fourth-order valence-electron chi connectivity index (χ4n) is 6.01. The highest BCUT2D eigenvalue weighted by atomic mass is 35.5. The molecular weight excluding hydrogens is 599 g/mol. The molecule has 2 fully saturated rings. The van der Waals surface area contributed by atoms with E-state index in [2.05, 4.69) is 80.8 Å². The van der Waals surface area contributed by atoms with E-state index in [1.165, 1.54) is 24.0 Å². The van der Waals surface area contributed by atoms with E-state index < -0.39 is 10.5 Å². The number of aliphatic hydroxyl groups is 1. The lowest BCUT2D eigenvalue weighted by molar-refractivity contribution is -0.0708. The second-order valence-corrected chi connectivity index (χ2v) is 15.3. The Morgan fingerprint density at radius 1 is 1.09 bits per heavy atom. The van der Waals surface area contributed by atoms with Crippen LogP contribution in [-0.4, -0.2) is 67.1 Å². The van der Waals surface area contributed by atoms with Gasteiger partial charge in [0, 0.05) is 31.1 Å². The highest BCUT2D eigenvalue weighted by Gasteiger charge is 2.58. The highest BCUT2D eigenvalue weighted by molar-refractivity contribution is 7.71. The number of aromatic amines is 1. The van der Waals surface area contributed by atoms with Gasteiger partial charge in [0.2, 0.25) is 0 Å². The average Bonchev–Trinajstić information content (AvgIpc) is 3.56. The minimum absolute atomic E-state index is 0.240. The van der Waals surface area contributed by atoms with E-state index in [1.807, 2.05) is 24.3 Å². The van der Waals surface area contributed by atoms with Crippen molar-refractivity contribution in [1.82, 2.24) is 19.7 Å². The summed E-state index contributed by atoms with van der Waals surface area (Å²) in [5.74, 6) is 0.679. The monoisotopic (exact) mass is 646 g/mol. The van der Waals surface area contributed by atoms with E-state index in [-0.39, 0.29) is 12.0 Å². The van der Waals surface area contributed by atoms with E-state index in [1.54, 1.807) is 4.68 Å². The molecule has 2 aliphatic rings. The molecule has 43 heavy (non-hydrogen) atoms. The predicted octanol–water partition coefficient (Wildman–Crippen LogP) is 7.61. The lowest BCUT2D eigenvalue weighted by Crippen LogP contribution is -2.47. The van der Waals surface area contributed by atoms with Crippen molar-refractivity contribution in [2.45, 2.75) is 102 Å². The zero-order valence-electron chi connectivity index (χ0n) is 26.4. The van der Waals surface area contributed by atoms with Crippen molar-refractivity contribution < 1.29 is 9.84 Å². The summed E-state index contributed by atoms with van der Waals surface area (Å²) in [6, 6.07) is 16.7. The number of morpholine rings is 1. The number of rotatable bonds is 9. The zero-order chi connectivity index (χ0) is 31.4. The van der Waals surface area contributed by atoms with E-state index in [0.717, 1.165) is 37.9 Å². The fraction of sp³-hybridized carbons (Fsp3) is 0.588. The molecule has 0 amide bonds. The predicted molar refractivity (Wildman–Crippen MR) is 180 cm³/mol. The molecule has 4 atom stereocenters. The Morgan fingerprint density at radius 3 is 2.26 bits per heavy atom. The summed E-state index contributed by atoms with van der Waals surface area (Å²) in [5, 5.41) is 15.9. The van der Waals surface area contributed by atoms with Gasteiger partial charge in [0.05, 0.1) is 23.6 Å². The molecule has 1 aliphatic heterocycles. The maximum atomic E-state index is 11.2. The third-order valence-electron chi connectivity index (χ3n) is 8.46. The van der Waals surface area contributed by atoms with Gasteiger partial charge in [-0.05, 0) is 79.4 Å². The average molecular weight is 648 g/mol. The van der Waals surface area contributed by atoms with Gasteiger partial charge in [-0.25, -0.2) is 4.68 Å². The Hall–Kier alpha value is -1.74. The summed E-state index contributed by atoms with van der Waals surface area (Å²) in [6.07, 6.45) is 5.30. The van der Waals surface area contributed by atoms with Gasteiger partial charge < -0.3 is 14.8 Å². The van der Waals surface area contributed by atoms with Gasteiger partial charge in [0.15, 0.2) is 4.77 Å². The van der Waals surface area contributed by atoms with Gasteiger partial charge in [-0.1, -0.05) is 81.8 Å². The Bertz CT molecular complexity index is 1370. The van der Waals surface area contributed by atoms with Gasteiger partial charge in [-0.2, -0.15) is 5.10 Å². The van der Waals surface area contributed by atoms with Crippen LogP contribution in [0.15, 0.2) is 54.9 Å². The number of nitrogens with zero attached hydrogens (tertiary/aromatic N) is 3. The third kappa shape index (κ3) is 9.38. The molecule has 3 aromatic rings. The SMILES string of the molecule is CC(Cc1ccc(C(C)(C)C)cc1)CN1C[C@@H](C)O[C@@H](C)C1.OC(Cc1ccccc1Cl)(Cn1nc[nH]c1=S)C1(Cl)CC1. The second kappa shape index (κ2) is 14.1. The molecule has 1 aliphatic carbocycles. The molecule has 9 heteroatoms. The van der Waals surface area contributed by atoms with E-state index in [9.17, 15) is 5.11 Å². The topological polar surface area (TPSA) is 66.3 Å². The van der Waals surface area contributed by atoms with Crippen LogP contribution < -0.4 is 0 Å². The van der Waals surface area contributed by atoms with Crippen LogP contribution in [0.2, 0.25) is 5.02 Å². The first-order chi connectivity index (χ1) is 20.2. The van der Waals surface area contributed by atoms with Crippen LogP contribution in [0, 0.1) is 10.7 Å². The lowest BCUT2D eigenvalue weighted by Gasteiger charge is -2.36. The van der Waals surface area contributed by atoms with Crippen LogP contribution in [0.4, 0.5) is 0 Å². The van der Waals surface area contributed by atoms with Gasteiger partial charge in [-0.3, -0.25) is 4.90 Å². The van der Waals surface area contributed by atoms with Crippen molar-refractivity contribution in [2.24, 2.45) is 5.92 Å². The van der Waals surface area contributed by atoms with Crippen molar-refractivity contribution in [3.8, 4) is 0 Å². The second-order valence-electron chi connectivity index (χ2n) is 13.7. The highest BCUT2D eigenvalue weighted by Crippen LogP contribution is 2.53. The van der Waals surface area contributed by atoms with E-state index in [0.29, 0.717) is 34.3 Å². The summed E-state index contributed by atoms with van der Waals surface area (Å²) in [6.45, 7) is 17.1. The zero-order valence-corrected chi connectivity index (χ0v) is 28.8. The van der Waals surface area contributed by atoms with Crippen molar-refractivity contribution in [2.75, 3.05) is 19.6 Å². The number of aromatic nitrogens is 3. The number of ether oxygens (including phenoxy) is 1. The van der Waals surface area contributed by atoms with Crippen molar-refractivity contribution in [3.63, 3.8) is 0 Å². The normalized spacial score (nSPS) is 22.3. The Morgan fingerprint density at radius 2 is 1.72 bits per heavy atom.